The molecule has 1 heterocycles. The number of benzene rings is 1. The van der Waals surface area contributed by atoms with E-state index in [-0.39, 0.29) is 12.3 Å². The third-order valence-electron chi connectivity index (χ3n) is 3.35. The van der Waals surface area contributed by atoms with Crippen molar-refractivity contribution in [2.75, 3.05) is 5.32 Å². The van der Waals surface area contributed by atoms with Crippen molar-refractivity contribution in [1.82, 2.24) is 10.3 Å². The molecule has 0 aliphatic heterocycles. The molecule has 0 radical (unpaired) electrons. The van der Waals surface area contributed by atoms with Crippen LogP contribution in [0.15, 0.2) is 47.2 Å². The minimum Gasteiger partial charge on any atom is -0.368 e. The lowest BCUT2D eigenvalue weighted by Crippen LogP contribution is -2.45. The maximum absolute atomic E-state index is 12.4. The molecule has 0 fully saturated rings. The number of carbonyl (C=O) groups is 3. The Balaban J connectivity index is 2.14. The molecule has 130 valence electrons. The molecular formula is C17H17BrN4O3. The molecule has 0 saturated carbocycles. The van der Waals surface area contributed by atoms with E-state index in [9.17, 15) is 14.4 Å². The summed E-state index contributed by atoms with van der Waals surface area (Å²) in [7, 11) is 0. The number of nitrogens with zero attached hydrogens (tertiary/aromatic N) is 1. The van der Waals surface area contributed by atoms with Gasteiger partial charge >= 0.3 is 0 Å². The molecule has 1 aromatic heterocycles. The second-order valence-corrected chi connectivity index (χ2v) is 6.10. The Bertz CT molecular complexity index is 810. The summed E-state index contributed by atoms with van der Waals surface area (Å²) < 4.78 is 0.586. The van der Waals surface area contributed by atoms with Crippen molar-refractivity contribution in [2.24, 2.45) is 5.73 Å². The zero-order valence-corrected chi connectivity index (χ0v) is 15.0. The molecule has 3 amide bonds. The van der Waals surface area contributed by atoms with Gasteiger partial charge in [-0.25, -0.2) is 4.98 Å². The van der Waals surface area contributed by atoms with Crippen molar-refractivity contribution in [1.29, 1.82) is 0 Å². The van der Waals surface area contributed by atoms with Gasteiger partial charge in [0.15, 0.2) is 0 Å². The zero-order valence-electron chi connectivity index (χ0n) is 13.5. The number of aromatic nitrogens is 1. The number of hydrogen-bond donors (Lipinski definition) is 3. The van der Waals surface area contributed by atoms with E-state index in [1.54, 1.807) is 36.5 Å². The van der Waals surface area contributed by atoms with Crippen molar-refractivity contribution >= 4 is 39.3 Å². The second kappa shape index (κ2) is 8.39. The van der Waals surface area contributed by atoms with Crippen LogP contribution in [0.25, 0.3) is 0 Å². The van der Waals surface area contributed by atoms with Gasteiger partial charge in [-0.2, -0.15) is 0 Å². The molecule has 1 aromatic carbocycles. The first kappa shape index (κ1) is 18.6. The molecule has 0 saturated heterocycles. The topological polar surface area (TPSA) is 114 Å². The molecule has 2 aromatic rings. The molecular weight excluding hydrogens is 388 g/mol. The van der Waals surface area contributed by atoms with Crippen LogP contribution in [0.1, 0.15) is 22.8 Å². The maximum atomic E-state index is 12.4. The standard InChI is InChI=1S/C17H17BrN4O3/c1-10(23)21-13-6-2-4-12(8-13)17(25)22-14(16(19)24)9-11-5-3-7-20-15(11)18/h2-8,14H,9H2,1H3,(H2,19,24)(H,21,23)(H,22,25)/t14-/m0/s1. The van der Waals surface area contributed by atoms with Gasteiger partial charge in [0.2, 0.25) is 11.8 Å². The zero-order chi connectivity index (χ0) is 18.4. The van der Waals surface area contributed by atoms with Crippen molar-refractivity contribution in [3.8, 4) is 0 Å². The Morgan fingerprint density at radius 3 is 2.64 bits per heavy atom. The molecule has 7 nitrogen and oxygen atoms in total. The Morgan fingerprint density at radius 1 is 1.24 bits per heavy atom. The smallest absolute Gasteiger partial charge is 0.252 e. The third kappa shape index (κ3) is 5.39. The normalized spacial score (nSPS) is 11.4. The fraction of sp³-hybridized carbons (Fsp3) is 0.176. The molecule has 2 rings (SSSR count). The summed E-state index contributed by atoms with van der Waals surface area (Å²) in [5, 5.41) is 5.21. The fourth-order valence-corrected chi connectivity index (χ4v) is 2.61. The van der Waals surface area contributed by atoms with Gasteiger partial charge in [-0.3, -0.25) is 14.4 Å². The van der Waals surface area contributed by atoms with Crippen LogP contribution in [0.5, 0.6) is 0 Å². The number of carbonyl (C=O) groups excluding carboxylic acids is 3. The summed E-state index contributed by atoms with van der Waals surface area (Å²) in [6.07, 6.45) is 1.82. The summed E-state index contributed by atoms with van der Waals surface area (Å²) >= 11 is 3.30. The first-order chi connectivity index (χ1) is 11.9. The van der Waals surface area contributed by atoms with Crippen molar-refractivity contribution in [3.05, 3.63) is 58.3 Å². The summed E-state index contributed by atoms with van der Waals surface area (Å²) in [5.41, 5.74) is 6.96. The number of hydrogen-bond acceptors (Lipinski definition) is 4. The number of nitrogens with two attached hydrogens (primary N) is 1. The number of primary amides is 1. The average molecular weight is 405 g/mol. The predicted molar refractivity (Wildman–Crippen MR) is 96.8 cm³/mol. The number of rotatable bonds is 6. The van der Waals surface area contributed by atoms with Gasteiger partial charge in [0.1, 0.15) is 10.6 Å². The lowest BCUT2D eigenvalue weighted by molar-refractivity contribution is -0.119. The number of amides is 3. The number of pyridine rings is 1. The molecule has 8 heteroatoms. The van der Waals surface area contributed by atoms with E-state index >= 15 is 0 Å². The van der Waals surface area contributed by atoms with E-state index in [0.29, 0.717) is 15.9 Å². The van der Waals surface area contributed by atoms with Crippen LogP contribution < -0.4 is 16.4 Å². The van der Waals surface area contributed by atoms with E-state index < -0.39 is 17.9 Å². The SMILES string of the molecule is CC(=O)Nc1cccc(C(=O)N[C@@H](Cc2cccnc2Br)C(N)=O)c1. The minimum absolute atomic E-state index is 0.209. The molecule has 0 aliphatic rings. The average Bonchev–Trinajstić information content (AvgIpc) is 2.55. The summed E-state index contributed by atoms with van der Waals surface area (Å²) in [6, 6.07) is 9.03. The van der Waals surface area contributed by atoms with Crippen LogP contribution in [0.3, 0.4) is 0 Å². The number of nitrogens with one attached hydrogen (secondary N) is 2. The fourth-order valence-electron chi connectivity index (χ4n) is 2.20. The molecule has 0 aliphatic carbocycles. The Labute approximate surface area is 153 Å². The molecule has 0 unspecified atom stereocenters. The van der Waals surface area contributed by atoms with E-state index in [0.717, 1.165) is 5.56 Å². The largest absolute Gasteiger partial charge is 0.368 e. The van der Waals surface area contributed by atoms with Crippen LogP contribution in [0, 0.1) is 0 Å². The monoisotopic (exact) mass is 404 g/mol. The molecule has 1 atom stereocenters. The highest BCUT2D eigenvalue weighted by molar-refractivity contribution is 9.10. The van der Waals surface area contributed by atoms with Crippen LogP contribution in [-0.2, 0) is 16.0 Å². The van der Waals surface area contributed by atoms with Crippen LogP contribution in [0.2, 0.25) is 0 Å². The molecule has 0 spiro atoms. The van der Waals surface area contributed by atoms with Gasteiger partial charge in [-0.15, -0.1) is 0 Å². The van der Waals surface area contributed by atoms with Gasteiger partial charge in [-0.05, 0) is 45.8 Å². The lowest BCUT2D eigenvalue weighted by Gasteiger charge is -2.16. The van der Waals surface area contributed by atoms with Crippen molar-refractivity contribution < 1.29 is 14.4 Å². The van der Waals surface area contributed by atoms with Crippen molar-refractivity contribution in [2.45, 2.75) is 19.4 Å². The Kier molecular flexibility index (Phi) is 6.24. The quantitative estimate of drug-likeness (QED) is 0.634. The lowest BCUT2D eigenvalue weighted by atomic mass is 10.1. The van der Waals surface area contributed by atoms with E-state index in [1.807, 2.05) is 0 Å². The second-order valence-electron chi connectivity index (χ2n) is 5.35. The molecule has 0 bridgehead atoms. The molecule has 25 heavy (non-hydrogen) atoms. The van der Waals surface area contributed by atoms with Gasteiger partial charge in [0, 0.05) is 30.8 Å². The van der Waals surface area contributed by atoms with Crippen LogP contribution in [-0.4, -0.2) is 28.7 Å². The first-order valence-electron chi connectivity index (χ1n) is 7.44. The maximum Gasteiger partial charge on any atom is 0.252 e. The Hall–Kier alpha value is -2.74. The van der Waals surface area contributed by atoms with E-state index in [2.05, 4.69) is 31.5 Å². The van der Waals surface area contributed by atoms with E-state index in [1.165, 1.54) is 13.0 Å². The van der Waals surface area contributed by atoms with Gasteiger partial charge < -0.3 is 16.4 Å². The van der Waals surface area contributed by atoms with Gasteiger partial charge in [-0.1, -0.05) is 12.1 Å². The highest BCUT2D eigenvalue weighted by Gasteiger charge is 2.21. The highest BCUT2D eigenvalue weighted by atomic mass is 79.9. The third-order valence-corrected chi connectivity index (χ3v) is 4.07. The number of anilines is 1. The predicted octanol–water partition coefficient (Wildman–Crippen LogP) is 1.63. The summed E-state index contributed by atoms with van der Waals surface area (Å²) in [6.45, 7) is 1.38. The van der Waals surface area contributed by atoms with Gasteiger partial charge in [0.25, 0.3) is 5.91 Å². The van der Waals surface area contributed by atoms with Gasteiger partial charge in [0.05, 0.1) is 0 Å². The van der Waals surface area contributed by atoms with Crippen molar-refractivity contribution in [3.63, 3.8) is 0 Å². The summed E-state index contributed by atoms with van der Waals surface area (Å²) in [5.74, 6) is -1.35. The molecule has 4 N–H and O–H groups in total. The highest BCUT2D eigenvalue weighted by Crippen LogP contribution is 2.15. The van der Waals surface area contributed by atoms with Crippen LogP contribution in [0.4, 0.5) is 5.69 Å². The first-order valence-corrected chi connectivity index (χ1v) is 8.23. The van der Waals surface area contributed by atoms with Crippen LogP contribution >= 0.6 is 15.9 Å². The minimum atomic E-state index is -0.891. The summed E-state index contributed by atoms with van der Waals surface area (Å²) in [4.78, 5) is 39.3. The number of halogens is 1. The van der Waals surface area contributed by atoms with E-state index in [4.69, 9.17) is 5.73 Å². The Morgan fingerprint density at radius 2 is 2.00 bits per heavy atom.